The number of nitrogens with zero attached hydrogens (tertiary/aromatic N) is 1. The Labute approximate surface area is 87.7 Å². The van der Waals surface area contributed by atoms with Crippen molar-refractivity contribution in [1.29, 1.82) is 5.26 Å². The van der Waals surface area contributed by atoms with Gasteiger partial charge in [-0.25, -0.2) is 0 Å². The summed E-state index contributed by atoms with van der Waals surface area (Å²) >= 11 is 0. The molecule has 1 aliphatic rings. The Morgan fingerprint density at radius 2 is 2.29 bits per heavy atom. The number of rotatable bonds is 3. The Morgan fingerprint density at radius 1 is 1.57 bits per heavy atom. The number of nitriles is 1. The molecule has 1 saturated carbocycles. The lowest BCUT2D eigenvalue weighted by Gasteiger charge is -2.36. The Bertz CT molecular complexity index is 217. The molecule has 0 saturated heterocycles. The van der Waals surface area contributed by atoms with E-state index in [0.717, 1.165) is 24.7 Å². The minimum Gasteiger partial charge on any atom is -0.302 e. The highest BCUT2D eigenvalue weighted by atomic mass is 14.9. The van der Waals surface area contributed by atoms with E-state index in [-0.39, 0.29) is 5.54 Å². The summed E-state index contributed by atoms with van der Waals surface area (Å²) in [5, 5.41) is 12.4. The molecule has 1 rings (SSSR count). The van der Waals surface area contributed by atoms with Crippen LogP contribution in [0.2, 0.25) is 0 Å². The van der Waals surface area contributed by atoms with Crippen molar-refractivity contribution in [3.63, 3.8) is 0 Å². The van der Waals surface area contributed by atoms with Crippen molar-refractivity contribution in [3.05, 3.63) is 0 Å². The van der Waals surface area contributed by atoms with Crippen LogP contribution < -0.4 is 5.32 Å². The fraction of sp³-hybridized carbons (Fsp3) is 0.917. The van der Waals surface area contributed by atoms with Gasteiger partial charge in [0.05, 0.1) is 6.07 Å². The van der Waals surface area contributed by atoms with Gasteiger partial charge in [0.15, 0.2) is 0 Å². The van der Waals surface area contributed by atoms with Crippen LogP contribution in [0.1, 0.15) is 46.0 Å². The normalized spacial score (nSPS) is 32.9. The van der Waals surface area contributed by atoms with Gasteiger partial charge in [-0.05, 0) is 38.1 Å². The summed E-state index contributed by atoms with van der Waals surface area (Å²) in [6.45, 7) is 4.53. The molecule has 0 aromatic rings. The van der Waals surface area contributed by atoms with E-state index in [0.29, 0.717) is 0 Å². The molecular weight excluding hydrogens is 172 g/mol. The largest absolute Gasteiger partial charge is 0.302 e. The van der Waals surface area contributed by atoms with Crippen LogP contribution in [0.3, 0.4) is 0 Å². The van der Waals surface area contributed by atoms with Gasteiger partial charge < -0.3 is 5.32 Å². The average Bonchev–Trinajstić information content (AvgIpc) is 2.17. The minimum atomic E-state index is -0.224. The van der Waals surface area contributed by atoms with E-state index in [2.05, 4.69) is 25.2 Å². The molecule has 0 aromatic carbocycles. The predicted octanol–water partition coefficient (Wildman–Crippen LogP) is 2.70. The van der Waals surface area contributed by atoms with Gasteiger partial charge >= 0.3 is 0 Å². The van der Waals surface area contributed by atoms with Crippen molar-refractivity contribution in [2.75, 3.05) is 7.05 Å². The smallest absolute Gasteiger partial charge is 0.106 e. The molecule has 2 heteroatoms. The zero-order valence-corrected chi connectivity index (χ0v) is 9.64. The summed E-state index contributed by atoms with van der Waals surface area (Å²) in [4.78, 5) is 0. The first-order valence-electron chi connectivity index (χ1n) is 5.72. The lowest BCUT2D eigenvalue weighted by Crippen LogP contribution is -2.45. The third-order valence-electron chi connectivity index (χ3n) is 3.35. The molecule has 0 bridgehead atoms. The Hall–Kier alpha value is -0.550. The van der Waals surface area contributed by atoms with Crippen molar-refractivity contribution in [1.82, 2.24) is 5.32 Å². The summed E-state index contributed by atoms with van der Waals surface area (Å²) in [6.07, 6.45) is 5.84. The molecule has 0 heterocycles. The average molecular weight is 194 g/mol. The second-order valence-electron chi connectivity index (χ2n) is 5.04. The van der Waals surface area contributed by atoms with Gasteiger partial charge in [0.2, 0.25) is 0 Å². The first-order valence-corrected chi connectivity index (χ1v) is 5.72. The lowest BCUT2D eigenvalue weighted by molar-refractivity contribution is 0.215. The van der Waals surface area contributed by atoms with Gasteiger partial charge in [0.1, 0.15) is 5.54 Å². The fourth-order valence-electron chi connectivity index (χ4n) is 2.64. The molecule has 1 aliphatic carbocycles. The maximum atomic E-state index is 9.18. The first kappa shape index (κ1) is 11.5. The van der Waals surface area contributed by atoms with Crippen LogP contribution in [0.15, 0.2) is 0 Å². The highest BCUT2D eigenvalue weighted by Gasteiger charge is 2.34. The van der Waals surface area contributed by atoms with Crippen molar-refractivity contribution >= 4 is 0 Å². The van der Waals surface area contributed by atoms with Gasteiger partial charge in [-0.2, -0.15) is 5.26 Å². The minimum absolute atomic E-state index is 0.224. The van der Waals surface area contributed by atoms with Gasteiger partial charge in [-0.15, -0.1) is 0 Å². The maximum absolute atomic E-state index is 9.18. The van der Waals surface area contributed by atoms with E-state index < -0.39 is 0 Å². The van der Waals surface area contributed by atoms with Crippen LogP contribution in [0.5, 0.6) is 0 Å². The second kappa shape index (κ2) is 4.79. The Morgan fingerprint density at radius 3 is 2.79 bits per heavy atom. The molecule has 0 aliphatic heterocycles. The third-order valence-corrected chi connectivity index (χ3v) is 3.35. The number of nitrogens with one attached hydrogen (secondary N) is 1. The van der Waals surface area contributed by atoms with Crippen LogP contribution in [0, 0.1) is 23.2 Å². The third kappa shape index (κ3) is 2.72. The molecule has 2 nitrogen and oxygen atoms in total. The first-order chi connectivity index (χ1) is 6.62. The molecule has 0 radical (unpaired) electrons. The van der Waals surface area contributed by atoms with Gasteiger partial charge in [-0.1, -0.05) is 26.7 Å². The molecular formula is C12H22N2. The van der Waals surface area contributed by atoms with E-state index in [1.807, 2.05) is 7.05 Å². The molecule has 2 atom stereocenters. The second-order valence-corrected chi connectivity index (χ2v) is 5.04. The van der Waals surface area contributed by atoms with Crippen molar-refractivity contribution in [3.8, 4) is 6.07 Å². The standard InChI is InChI=1S/C12H22N2/c1-10(2)7-11-5-4-6-12(8-11,9-13)14-3/h10-11,14H,4-8H2,1-3H3. The number of hydrogen-bond acceptors (Lipinski definition) is 2. The Kier molecular flexibility index (Phi) is 3.95. The molecule has 80 valence electrons. The summed E-state index contributed by atoms with van der Waals surface area (Å²) in [5.74, 6) is 1.50. The van der Waals surface area contributed by atoms with E-state index in [4.69, 9.17) is 0 Å². The van der Waals surface area contributed by atoms with Crippen LogP contribution in [0.4, 0.5) is 0 Å². The van der Waals surface area contributed by atoms with Gasteiger partial charge in [-0.3, -0.25) is 0 Å². The summed E-state index contributed by atoms with van der Waals surface area (Å²) in [7, 11) is 1.92. The van der Waals surface area contributed by atoms with E-state index in [9.17, 15) is 5.26 Å². The highest BCUT2D eigenvalue weighted by molar-refractivity contribution is 5.09. The monoisotopic (exact) mass is 194 g/mol. The number of hydrogen-bond donors (Lipinski definition) is 1. The zero-order chi connectivity index (χ0) is 10.6. The molecule has 0 amide bonds. The predicted molar refractivity (Wildman–Crippen MR) is 58.8 cm³/mol. The van der Waals surface area contributed by atoms with Crippen LogP contribution in [-0.4, -0.2) is 12.6 Å². The highest BCUT2D eigenvalue weighted by Crippen LogP contribution is 2.35. The SMILES string of the molecule is CNC1(C#N)CCCC(CC(C)C)C1. The fourth-order valence-corrected chi connectivity index (χ4v) is 2.64. The van der Waals surface area contributed by atoms with E-state index >= 15 is 0 Å². The summed E-state index contributed by atoms with van der Waals surface area (Å²) < 4.78 is 0. The van der Waals surface area contributed by atoms with Crippen LogP contribution >= 0.6 is 0 Å². The van der Waals surface area contributed by atoms with Crippen molar-refractivity contribution in [2.24, 2.45) is 11.8 Å². The molecule has 0 spiro atoms. The summed E-state index contributed by atoms with van der Waals surface area (Å²) in [5.41, 5.74) is -0.224. The molecule has 14 heavy (non-hydrogen) atoms. The van der Waals surface area contributed by atoms with E-state index in [1.54, 1.807) is 0 Å². The Balaban J connectivity index is 2.55. The van der Waals surface area contributed by atoms with E-state index in [1.165, 1.54) is 19.3 Å². The van der Waals surface area contributed by atoms with Gasteiger partial charge in [0, 0.05) is 0 Å². The van der Waals surface area contributed by atoms with Crippen molar-refractivity contribution < 1.29 is 0 Å². The molecule has 1 N–H and O–H groups in total. The van der Waals surface area contributed by atoms with Crippen LogP contribution in [0.25, 0.3) is 0 Å². The lowest BCUT2D eigenvalue weighted by atomic mass is 9.74. The topological polar surface area (TPSA) is 35.8 Å². The van der Waals surface area contributed by atoms with Crippen LogP contribution in [-0.2, 0) is 0 Å². The molecule has 0 aromatic heterocycles. The molecule has 2 unspecified atom stereocenters. The maximum Gasteiger partial charge on any atom is 0.106 e. The van der Waals surface area contributed by atoms with Gasteiger partial charge in [0.25, 0.3) is 0 Å². The quantitative estimate of drug-likeness (QED) is 0.750. The summed E-state index contributed by atoms with van der Waals surface area (Å²) in [6, 6.07) is 2.46. The molecule has 1 fully saturated rings. The van der Waals surface area contributed by atoms with Crippen molar-refractivity contribution in [2.45, 2.75) is 51.5 Å². The zero-order valence-electron chi connectivity index (χ0n) is 9.64.